The van der Waals surface area contributed by atoms with Crippen molar-refractivity contribution in [2.45, 2.75) is 24.0 Å². The SMILES string of the molecule is CNC(=S)NNC(=O)[C@H]1C2CC[NH+](CC2)[C@@H]1SCc1ccc(Cl)cc1. The molecule has 4 N–H and O–H groups in total. The summed E-state index contributed by atoms with van der Waals surface area (Å²) in [6, 6.07) is 7.96. The molecule has 136 valence electrons. The van der Waals surface area contributed by atoms with Gasteiger partial charge in [-0.3, -0.25) is 15.6 Å². The van der Waals surface area contributed by atoms with Crippen molar-refractivity contribution in [3.8, 4) is 0 Å². The standard InChI is InChI=1S/C17H23ClN4OS2/c1-19-17(24)21-20-15(23)14-12-6-8-22(9-7-12)16(14)25-10-11-2-4-13(18)5-3-11/h2-5,12,14,16H,6-10H2,1H3,(H,20,23)(H2,19,21,24)/p+1/t14-,16-/m1/s1. The van der Waals surface area contributed by atoms with E-state index >= 15 is 0 Å². The maximum Gasteiger partial charge on any atom is 0.248 e. The third-order valence-electron chi connectivity index (χ3n) is 5.08. The Kier molecular flexibility index (Phi) is 6.44. The highest BCUT2D eigenvalue weighted by Gasteiger charge is 2.49. The van der Waals surface area contributed by atoms with E-state index in [0.717, 1.165) is 36.7 Å². The van der Waals surface area contributed by atoms with Gasteiger partial charge in [-0.25, -0.2) is 0 Å². The highest BCUT2D eigenvalue weighted by atomic mass is 35.5. The average molecular weight is 400 g/mol. The lowest BCUT2D eigenvalue weighted by Gasteiger charge is -2.46. The molecule has 3 fully saturated rings. The first-order valence-corrected chi connectivity index (χ1v) is 10.4. The lowest BCUT2D eigenvalue weighted by Crippen LogP contribution is -3.19. The molecule has 3 aliphatic heterocycles. The Labute approximate surface area is 163 Å². The molecule has 0 aromatic heterocycles. The summed E-state index contributed by atoms with van der Waals surface area (Å²) in [5, 5.41) is 4.27. The van der Waals surface area contributed by atoms with Crippen LogP contribution in [0.5, 0.6) is 0 Å². The summed E-state index contributed by atoms with van der Waals surface area (Å²) in [6.45, 7) is 2.32. The zero-order valence-corrected chi connectivity index (χ0v) is 16.6. The second-order valence-corrected chi connectivity index (χ2v) is 8.55. The van der Waals surface area contributed by atoms with E-state index in [0.29, 0.717) is 11.0 Å². The van der Waals surface area contributed by atoms with Crippen molar-refractivity contribution < 1.29 is 9.69 Å². The number of amides is 1. The molecule has 5 nitrogen and oxygen atoms in total. The first kappa shape index (κ1) is 18.8. The van der Waals surface area contributed by atoms with Gasteiger partial charge in [0.15, 0.2) is 5.11 Å². The number of hydrogen-bond donors (Lipinski definition) is 4. The number of benzene rings is 1. The Morgan fingerprint density at radius 2 is 1.96 bits per heavy atom. The van der Waals surface area contributed by atoms with Crippen molar-refractivity contribution in [3.63, 3.8) is 0 Å². The molecule has 0 aliphatic carbocycles. The minimum absolute atomic E-state index is 0.0157. The Morgan fingerprint density at radius 3 is 2.60 bits per heavy atom. The fourth-order valence-corrected chi connectivity index (χ4v) is 5.53. The molecule has 3 heterocycles. The number of thioether (sulfide) groups is 1. The predicted octanol–water partition coefficient (Wildman–Crippen LogP) is 0.949. The van der Waals surface area contributed by atoms with Gasteiger partial charge >= 0.3 is 0 Å². The fourth-order valence-electron chi connectivity index (χ4n) is 3.76. The summed E-state index contributed by atoms with van der Waals surface area (Å²) in [6.07, 6.45) is 2.25. The van der Waals surface area contributed by atoms with Crippen molar-refractivity contribution in [2.24, 2.45) is 11.8 Å². The predicted molar refractivity (Wildman–Crippen MR) is 106 cm³/mol. The number of quaternary nitrogens is 1. The van der Waals surface area contributed by atoms with Crippen LogP contribution in [0.1, 0.15) is 18.4 Å². The Bertz CT molecular complexity index is 620. The third kappa shape index (κ3) is 4.58. The van der Waals surface area contributed by atoms with E-state index in [2.05, 4.69) is 28.3 Å². The van der Waals surface area contributed by atoms with Gasteiger partial charge in [0.2, 0.25) is 5.91 Å². The molecular formula is C17H24ClN4OS2+. The lowest BCUT2D eigenvalue weighted by molar-refractivity contribution is -0.930. The number of hydrazine groups is 1. The zero-order valence-electron chi connectivity index (χ0n) is 14.2. The van der Waals surface area contributed by atoms with Crippen LogP contribution in [-0.2, 0) is 10.5 Å². The molecule has 25 heavy (non-hydrogen) atoms. The number of nitrogens with one attached hydrogen (secondary N) is 4. The topological polar surface area (TPSA) is 57.6 Å². The van der Waals surface area contributed by atoms with Gasteiger partial charge < -0.3 is 10.2 Å². The highest BCUT2D eigenvalue weighted by molar-refractivity contribution is 7.98. The Balaban J connectivity index is 1.65. The van der Waals surface area contributed by atoms with Crippen molar-refractivity contribution in [2.75, 3.05) is 20.1 Å². The molecule has 0 unspecified atom stereocenters. The number of piperidine rings is 3. The van der Waals surface area contributed by atoms with Crippen LogP contribution >= 0.6 is 35.6 Å². The summed E-state index contributed by atoms with van der Waals surface area (Å²) in [5.74, 6) is 1.42. The average Bonchev–Trinajstić information content (AvgIpc) is 2.65. The van der Waals surface area contributed by atoms with E-state index < -0.39 is 0 Å². The van der Waals surface area contributed by atoms with E-state index in [1.165, 1.54) is 10.5 Å². The van der Waals surface area contributed by atoms with Crippen LogP contribution in [-0.4, -0.2) is 36.5 Å². The molecule has 2 atom stereocenters. The largest absolute Gasteiger partial charge is 0.364 e. The van der Waals surface area contributed by atoms with Gasteiger partial charge in [-0.05, 0) is 35.8 Å². The van der Waals surface area contributed by atoms with Crippen LogP contribution in [0, 0.1) is 11.8 Å². The van der Waals surface area contributed by atoms with Crippen molar-refractivity contribution in [1.82, 2.24) is 16.2 Å². The molecule has 2 bridgehead atoms. The van der Waals surface area contributed by atoms with E-state index in [9.17, 15) is 4.79 Å². The van der Waals surface area contributed by atoms with E-state index in [-0.39, 0.29) is 17.2 Å². The maximum absolute atomic E-state index is 12.8. The number of rotatable bonds is 4. The van der Waals surface area contributed by atoms with Gasteiger partial charge in [-0.2, -0.15) is 0 Å². The van der Waals surface area contributed by atoms with Crippen LogP contribution < -0.4 is 21.1 Å². The van der Waals surface area contributed by atoms with Crippen molar-refractivity contribution in [1.29, 1.82) is 0 Å². The molecule has 8 heteroatoms. The molecule has 0 spiro atoms. The minimum Gasteiger partial charge on any atom is -0.364 e. The Morgan fingerprint density at radius 1 is 1.28 bits per heavy atom. The fraction of sp³-hybridized carbons (Fsp3) is 0.529. The lowest BCUT2D eigenvalue weighted by atomic mass is 9.78. The molecule has 1 amide bonds. The molecule has 0 saturated carbocycles. The van der Waals surface area contributed by atoms with Gasteiger partial charge in [0.1, 0.15) is 11.3 Å². The molecular weight excluding hydrogens is 376 g/mol. The number of hydrogen-bond acceptors (Lipinski definition) is 3. The second kappa shape index (κ2) is 8.58. The van der Waals surface area contributed by atoms with Gasteiger partial charge in [0, 0.05) is 30.7 Å². The van der Waals surface area contributed by atoms with Crippen LogP contribution in [0.25, 0.3) is 0 Å². The minimum atomic E-state index is 0.0157. The highest BCUT2D eigenvalue weighted by Crippen LogP contribution is 2.34. The van der Waals surface area contributed by atoms with Gasteiger partial charge in [0.05, 0.1) is 13.1 Å². The number of carbonyl (C=O) groups excluding carboxylic acids is 1. The molecule has 1 aromatic rings. The van der Waals surface area contributed by atoms with Crippen LogP contribution in [0.4, 0.5) is 0 Å². The quantitative estimate of drug-likeness (QED) is 0.448. The first-order chi connectivity index (χ1) is 12.1. The van der Waals surface area contributed by atoms with Gasteiger partial charge in [-0.1, -0.05) is 35.5 Å². The first-order valence-electron chi connectivity index (χ1n) is 8.56. The number of carbonyl (C=O) groups is 1. The molecule has 1 aromatic carbocycles. The smallest absolute Gasteiger partial charge is 0.248 e. The van der Waals surface area contributed by atoms with E-state index in [1.807, 2.05) is 23.9 Å². The normalized spacial score (nSPS) is 27.6. The van der Waals surface area contributed by atoms with Crippen LogP contribution in [0.3, 0.4) is 0 Å². The van der Waals surface area contributed by atoms with Crippen molar-refractivity contribution in [3.05, 3.63) is 34.9 Å². The van der Waals surface area contributed by atoms with Gasteiger partial charge in [0.25, 0.3) is 0 Å². The van der Waals surface area contributed by atoms with Gasteiger partial charge in [-0.15, -0.1) is 0 Å². The summed E-state index contributed by atoms with van der Waals surface area (Å²) in [7, 11) is 1.73. The molecule has 0 radical (unpaired) electrons. The maximum atomic E-state index is 12.8. The van der Waals surface area contributed by atoms with Crippen LogP contribution in [0.15, 0.2) is 24.3 Å². The summed E-state index contributed by atoms with van der Waals surface area (Å²) in [4.78, 5) is 14.3. The summed E-state index contributed by atoms with van der Waals surface area (Å²) < 4.78 is 0. The second-order valence-electron chi connectivity index (χ2n) is 6.57. The zero-order chi connectivity index (χ0) is 17.8. The molecule has 4 rings (SSSR count). The number of halogens is 1. The third-order valence-corrected chi connectivity index (χ3v) is 7.12. The van der Waals surface area contributed by atoms with Crippen LogP contribution in [0.2, 0.25) is 5.02 Å². The summed E-state index contributed by atoms with van der Waals surface area (Å²) >= 11 is 12.9. The molecule has 3 aliphatic rings. The number of fused-ring (bicyclic) bond motifs is 3. The summed E-state index contributed by atoms with van der Waals surface area (Å²) in [5.41, 5.74) is 6.80. The number of thiocarbonyl (C=S) groups is 1. The van der Waals surface area contributed by atoms with E-state index in [1.54, 1.807) is 7.05 Å². The van der Waals surface area contributed by atoms with E-state index in [4.69, 9.17) is 23.8 Å². The monoisotopic (exact) mass is 399 g/mol. The molecule has 3 saturated heterocycles. The Hall–Kier alpha value is -1.02. The van der Waals surface area contributed by atoms with Crippen molar-refractivity contribution >= 4 is 46.6 Å².